The number of pyridine rings is 1. The van der Waals surface area contributed by atoms with E-state index in [9.17, 15) is 27.5 Å². The van der Waals surface area contributed by atoms with Crippen LogP contribution in [0.5, 0.6) is 0 Å². The van der Waals surface area contributed by atoms with Crippen LogP contribution in [-0.2, 0) is 12.8 Å². The third-order valence-electron chi connectivity index (χ3n) is 3.74. The monoisotopic (exact) mass is 337 g/mol. The summed E-state index contributed by atoms with van der Waals surface area (Å²) in [5, 5.41) is 9.78. The maximum Gasteiger partial charge on any atom is 0.416 e. The molecule has 0 unspecified atom stereocenters. The molecule has 0 aliphatic rings. The van der Waals surface area contributed by atoms with Crippen LogP contribution in [-0.4, -0.2) is 10.1 Å². The molecule has 0 saturated heterocycles. The molecule has 0 fully saturated rings. The molecule has 3 rings (SSSR count). The summed E-state index contributed by atoms with van der Waals surface area (Å²) in [7, 11) is 0. The third kappa shape index (κ3) is 2.78. The van der Waals surface area contributed by atoms with Crippen LogP contribution in [0.3, 0.4) is 0 Å². The molecule has 124 valence electrons. The zero-order valence-electron chi connectivity index (χ0n) is 12.1. The van der Waals surface area contributed by atoms with E-state index in [1.807, 2.05) is 0 Å². The lowest BCUT2D eigenvalue weighted by atomic mass is 9.94. The molecule has 0 saturated carbocycles. The first-order valence-electron chi connectivity index (χ1n) is 6.94. The summed E-state index contributed by atoms with van der Waals surface area (Å²) in [6, 6.07) is 8.10. The van der Waals surface area contributed by atoms with Crippen molar-refractivity contribution >= 4 is 10.9 Å². The van der Waals surface area contributed by atoms with Crippen molar-refractivity contribution in [1.82, 2.24) is 4.98 Å². The molecule has 7 heteroatoms. The summed E-state index contributed by atoms with van der Waals surface area (Å²) >= 11 is 0. The molecule has 0 radical (unpaired) electrons. The van der Waals surface area contributed by atoms with Crippen molar-refractivity contribution < 1.29 is 22.7 Å². The molecule has 0 spiro atoms. The van der Waals surface area contributed by atoms with Crippen LogP contribution in [0.15, 0.2) is 47.3 Å². The van der Waals surface area contributed by atoms with E-state index in [1.54, 1.807) is 0 Å². The summed E-state index contributed by atoms with van der Waals surface area (Å²) in [5.41, 5.74) is -0.598. The quantitative estimate of drug-likeness (QED) is 0.698. The molecule has 0 bridgehead atoms. The summed E-state index contributed by atoms with van der Waals surface area (Å²) in [4.78, 5) is 13.7. The predicted molar refractivity (Wildman–Crippen MR) is 80.9 cm³/mol. The maximum atomic E-state index is 13.9. The lowest BCUT2D eigenvalue weighted by Gasteiger charge is -2.14. The molecule has 2 aromatic carbocycles. The number of fused-ring (bicyclic) bond motifs is 1. The zero-order chi connectivity index (χ0) is 17.5. The second-order valence-electron chi connectivity index (χ2n) is 5.23. The van der Waals surface area contributed by atoms with Gasteiger partial charge in [-0.15, -0.1) is 0 Å². The van der Waals surface area contributed by atoms with Crippen LogP contribution in [0.1, 0.15) is 11.1 Å². The number of aromatic nitrogens is 1. The minimum atomic E-state index is -4.53. The average molecular weight is 337 g/mol. The van der Waals surface area contributed by atoms with Crippen LogP contribution >= 0.6 is 0 Å². The first kappa shape index (κ1) is 16.2. The van der Waals surface area contributed by atoms with Gasteiger partial charge in [0, 0.05) is 11.5 Å². The Hall–Kier alpha value is -2.67. The Morgan fingerprint density at radius 3 is 2.38 bits per heavy atom. The molecule has 0 aliphatic heterocycles. The van der Waals surface area contributed by atoms with E-state index in [2.05, 4.69) is 4.98 Å². The Bertz CT molecular complexity index is 976. The molecule has 0 aliphatic carbocycles. The molecule has 2 N–H and O–H groups in total. The van der Waals surface area contributed by atoms with Gasteiger partial charge >= 0.3 is 6.18 Å². The van der Waals surface area contributed by atoms with Crippen molar-refractivity contribution in [3.05, 3.63) is 69.8 Å². The van der Waals surface area contributed by atoms with Gasteiger partial charge in [-0.2, -0.15) is 13.2 Å². The number of aromatic amines is 1. The highest BCUT2D eigenvalue weighted by molar-refractivity contribution is 5.95. The molecular formula is C17H11F4NO2. The van der Waals surface area contributed by atoms with Gasteiger partial charge in [0.25, 0.3) is 0 Å². The van der Waals surface area contributed by atoms with E-state index in [1.165, 1.54) is 24.3 Å². The first-order chi connectivity index (χ1) is 11.3. The number of aliphatic hydroxyl groups is 1. The highest BCUT2D eigenvalue weighted by atomic mass is 19.4. The number of alkyl halides is 3. The van der Waals surface area contributed by atoms with Gasteiger partial charge in [-0.25, -0.2) is 4.39 Å². The van der Waals surface area contributed by atoms with Crippen LogP contribution in [0, 0.1) is 5.82 Å². The van der Waals surface area contributed by atoms with E-state index in [4.69, 9.17) is 0 Å². The summed E-state index contributed by atoms with van der Waals surface area (Å²) in [6.45, 7) is -0.610. The number of hydrogen-bond acceptors (Lipinski definition) is 2. The summed E-state index contributed by atoms with van der Waals surface area (Å²) < 4.78 is 52.3. The lowest BCUT2D eigenvalue weighted by Crippen LogP contribution is -2.07. The fourth-order valence-electron chi connectivity index (χ4n) is 2.62. The van der Waals surface area contributed by atoms with Gasteiger partial charge in [-0.1, -0.05) is 12.1 Å². The van der Waals surface area contributed by atoms with Gasteiger partial charge < -0.3 is 10.1 Å². The fourth-order valence-corrected chi connectivity index (χ4v) is 2.62. The van der Waals surface area contributed by atoms with E-state index in [0.29, 0.717) is 16.5 Å². The van der Waals surface area contributed by atoms with Gasteiger partial charge in [0.2, 0.25) is 5.56 Å². The molecule has 24 heavy (non-hydrogen) atoms. The molecule has 0 atom stereocenters. The largest absolute Gasteiger partial charge is 0.416 e. The van der Waals surface area contributed by atoms with E-state index < -0.39 is 29.7 Å². The Balaban J connectivity index is 2.28. The maximum absolute atomic E-state index is 13.9. The van der Waals surface area contributed by atoms with Gasteiger partial charge in [-0.05, 0) is 41.0 Å². The summed E-state index contributed by atoms with van der Waals surface area (Å²) in [6.07, 6.45) is -4.53. The Labute approximate surface area is 133 Å². The van der Waals surface area contributed by atoms with Gasteiger partial charge in [0.15, 0.2) is 0 Å². The van der Waals surface area contributed by atoms with Crippen molar-refractivity contribution in [2.24, 2.45) is 0 Å². The summed E-state index contributed by atoms with van der Waals surface area (Å²) in [5.74, 6) is -0.649. The van der Waals surface area contributed by atoms with Crippen LogP contribution < -0.4 is 5.56 Å². The number of rotatable bonds is 2. The van der Waals surface area contributed by atoms with Gasteiger partial charge in [-0.3, -0.25) is 4.79 Å². The lowest BCUT2D eigenvalue weighted by molar-refractivity contribution is -0.137. The van der Waals surface area contributed by atoms with E-state index >= 15 is 0 Å². The topological polar surface area (TPSA) is 53.1 Å². The Morgan fingerprint density at radius 2 is 1.71 bits per heavy atom. The second kappa shape index (κ2) is 5.76. The molecule has 3 nitrogen and oxygen atoms in total. The minimum Gasteiger partial charge on any atom is -0.392 e. The average Bonchev–Trinajstić information content (AvgIpc) is 2.54. The smallest absolute Gasteiger partial charge is 0.392 e. The number of halogens is 4. The van der Waals surface area contributed by atoms with Crippen LogP contribution in [0.25, 0.3) is 22.0 Å². The van der Waals surface area contributed by atoms with E-state index in [0.717, 1.165) is 18.2 Å². The van der Waals surface area contributed by atoms with Crippen molar-refractivity contribution in [2.75, 3.05) is 0 Å². The molecule has 1 heterocycles. The van der Waals surface area contributed by atoms with Crippen LogP contribution in [0.2, 0.25) is 0 Å². The molecule has 1 aromatic heterocycles. The van der Waals surface area contributed by atoms with E-state index in [-0.39, 0.29) is 11.1 Å². The second-order valence-corrected chi connectivity index (χ2v) is 5.23. The number of aliphatic hydroxyl groups excluding tert-OH is 1. The molecular weight excluding hydrogens is 326 g/mol. The Morgan fingerprint density at radius 1 is 1.00 bits per heavy atom. The fraction of sp³-hybridized carbons (Fsp3) is 0.118. The molecule has 3 aromatic rings. The third-order valence-corrected chi connectivity index (χ3v) is 3.74. The normalized spacial score (nSPS) is 11.9. The van der Waals surface area contributed by atoms with Crippen molar-refractivity contribution in [3.63, 3.8) is 0 Å². The Kier molecular flexibility index (Phi) is 3.88. The van der Waals surface area contributed by atoms with Gasteiger partial charge in [0.1, 0.15) is 5.82 Å². The molecule has 0 amide bonds. The standard InChI is InChI=1S/C17H11F4NO2/c18-14-5-3-12(13-4-6-15(24)22-16(13)14)11-2-1-10(17(19,20)21)7-9(11)8-23/h1-7,23H,8H2,(H,22,24). The van der Waals surface area contributed by atoms with Crippen molar-refractivity contribution in [1.29, 1.82) is 0 Å². The zero-order valence-corrected chi connectivity index (χ0v) is 12.1. The highest BCUT2D eigenvalue weighted by Gasteiger charge is 2.31. The van der Waals surface area contributed by atoms with Crippen molar-refractivity contribution in [2.45, 2.75) is 12.8 Å². The SMILES string of the molecule is O=c1ccc2c(-c3ccc(C(F)(F)F)cc3CO)ccc(F)c2[nH]1. The first-order valence-corrected chi connectivity index (χ1v) is 6.94. The number of nitrogens with one attached hydrogen (secondary N) is 1. The van der Waals surface area contributed by atoms with Crippen LogP contribution in [0.4, 0.5) is 17.6 Å². The highest BCUT2D eigenvalue weighted by Crippen LogP contribution is 2.36. The van der Waals surface area contributed by atoms with Gasteiger partial charge in [0.05, 0.1) is 17.7 Å². The number of H-pyrrole nitrogens is 1. The van der Waals surface area contributed by atoms with Crippen molar-refractivity contribution in [3.8, 4) is 11.1 Å². The predicted octanol–water partition coefficient (Wildman–Crippen LogP) is 3.85. The number of hydrogen-bond donors (Lipinski definition) is 2. The number of benzene rings is 2. The minimum absolute atomic E-state index is 0.0382.